The Morgan fingerprint density at radius 3 is 2.56 bits per heavy atom. The van der Waals surface area contributed by atoms with E-state index >= 15 is 0 Å². The molecule has 1 aromatic heterocycles. The zero-order chi connectivity index (χ0) is 25.8. The Hall–Kier alpha value is -3.46. The zero-order valence-corrected chi connectivity index (χ0v) is 22.5. The van der Waals surface area contributed by atoms with Gasteiger partial charge in [0, 0.05) is 11.4 Å². The van der Waals surface area contributed by atoms with Gasteiger partial charge < -0.3 is 20.1 Å². The van der Waals surface area contributed by atoms with Crippen LogP contribution < -0.4 is 20.1 Å². The number of thioether (sulfide) groups is 1. The first-order chi connectivity index (χ1) is 17.4. The lowest BCUT2D eigenvalue weighted by molar-refractivity contribution is -0.113. The molecule has 1 amide bonds. The van der Waals surface area contributed by atoms with Gasteiger partial charge in [0.05, 0.1) is 18.8 Å². The van der Waals surface area contributed by atoms with Gasteiger partial charge in [0.1, 0.15) is 6.04 Å². The summed E-state index contributed by atoms with van der Waals surface area (Å²) in [5.41, 5.74) is 5.08. The minimum Gasteiger partial charge on any atom is -0.490 e. The summed E-state index contributed by atoms with van der Waals surface area (Å²) < 4.78 is 13.4. The minimum absolute atomic E-state index is 0.198. The Morgan fingerprint density at radius 1 is 1.08 bits per heavy atom. The number of rotatable bonds is 9. The van der Waals surface area contributed by atoms with Crippen LogP contribution in [0.5, 0.6) is 11.5 Å². The Kier molecular flexibility index (Phi) is 7.88. The molecule has 1 atom stereocenters. The number of nitrogens with zero attached hydrogens (tertiary/aromatic N) is 3. The first-order valence-corrected chi connectivity index (χ1v) is 13.2. The van der Waals surface area contributed by atoms with Gasteiger partial charge in [-0.15, -0.1) is 5.10 Å². The normalized spacial score (nSPS) is 14.8. The fourth-order valence-corrected chi connectivity index (χ4v) is 4.79. The first kappa shape index (κ1) is 25.6. The van der Waals surface area contributed by atoms with Gasteiger partial charge in [-0.2, -0.15) is 4.98 Å². The van der Waals surface area contributed by atoms with Gasteiger partial charge >= 0.3 is 0 Å². The summed E-state index contributed by atoms with van der Waals surface area (Å²) in [6.07, 6.45) is 0. The van der Waals surface area contributed by atoms with Crippen LogP contribution in [0, 0.1) is 13.8 Å². The fourth-order valence-electron chi connectivity index (χ4n) is 4.24. The molecule has 0 saturated carbocycles. The standard InChI is InChI=1S/C27H33N5O3S/c1-7-34-21-14-13-19(15-22(21)35-8-2)24-23(25(33)29-20-12-10-11-16(4)17(20)5)18(6)28-26-30-27(36-9-3)31-32(24)26/h10-15,24H,7-9H2,1-6H3,(H,29,33)(H,28,30,31). The van der Waals surface area contributed by atoms with Crippen molar-refractivity contribution in [3.8, 4) is 11.5 Å². The maximum atomic E-state index is 13.8. The van der Waals surface area contributed by atoms with Crippen molar-refractivity contribution >= 4 is 29.3 Å². The number of carbonyl (C=O) groups is 1. The smallest absolute Gasteiger partial charge is 0.255 e. The van der Waals surface area contributed by atoms with Crippen molar-refractivity contribution in [3.63, 3.8) is 0 Å². The van der Waals surface area contributed by atoms with Crippen molar-refractivity contribution in [2.24, 2.45) is 0 Å². The molecule has 2 aromatic carbocycles. The van der Waals surface area contributed by atoms with E-state index in [4.69, 9.17) is 14.6 Å². The highest BCUT2D eigenvalue weighted by atomic mass is 32.2. The number of amides is 1. The monoisotopic (exact) mass is 507 g/mol. The van der Waals surface area contributed by atoms with Crippen LogP contribution in [0.15, 0.2) is 52.8 Å². The van der Waals surface area contributed by atoms with E-state index in [1.54, 1.807) is 16.4 Å². The van der Waals surface area contributed by atoms with Gasteiger partial charge in [-0.05, 0) is 75.3 Å². The van der Waals surface area contributed by atoms with Gasteiger partial charge in [0.2, 0.25) is 11.1 Å². The largest absolute Gasteiger partial charge is 0.490 e. The number of hydrogen-bond donors (Lipinski definition) is 2. The van der Waals surface area contributed by atoms with E-state index in [1.165, 1.54) is 0 Å². The minimum atomic E-state index is -0.500. The molecule has 0 fully saturated rings. The number of allylic oxidation sites excluding steroid dienone is 1. The van der Waals surface area contributed by atoms with Crippen LogP contribution in [0.2, 0.25) is 0 Å². The van der Waals surface area contributed by atoms with Crippen LogP contribution >= 0.6 is 11.8 Å². The number of ether oxygens (including phenoxy) is 2. The van der Waals surface area contributed by atoms with Crippen LogP contribution in [-0.2, 0) is 4.79 Å². The van der Waals surface area contributed by atoms with Gasteiger partial charge in [-0.1, -0.05) is 36.9 Å². The van der Waals surface area contributed by atoms with Crippen LogP contribution in [0.4, 0.5) is 11.6 Å². The lowest BCUT2D eigenvalue weighted by atomic mass is 9.94. The lowest BCUT2D eigenvalue weighted by Gasteiger charge is -2.29. The Labute approximate surface area is 216 Å². The summed E-state index contributed by atoms with van der Waals surface area (Å²) in [7, 11) is 0. The van der Waals surface area contributed by atoms with Crippen molar-refractivity contribution in [1.29, 1.82) is 0 Å². The van der Waals surface area contributed by atoms with Crippen molar-refractivity contribution in [1.82, 2.24) is 14.8 Å². The van der Waals surface area contributed by atoms with Crippen molar-refractivity contribution in [3.05, 3.63) is 64.4 Å². The molecule has 0 spiro atoms. The van der Waals surface area contributed by atoms with E-state index in [2.05, 4.69) is 22.5 Å². The quantitative estimate of drug-likeness (QED) is 0.357. The molecule has 2 heterocycles. The lowest BCUT2D eigenvalue weighted by Crippen LogP contribution is -2.31. The Morgan fingerprint density at radius 2 is 1.83 bits per heavy atom. The van der Waals surface area contributed by atoms with E-state index in [9.17, 15) is 4.79 Å². The summed E-state index contributed by atoms with van der Waals surface area (Å²) in [6, 6.07) is 11.2. The summed E-state index contributed by atoms with van der Waals surface area (Å²) in [5, 5.41) is 11.8. The van der Waals surface area contributed by atoms with E-state index in [0.717, 1.165) is 33.8 Å². The molecule has 3 aromatic rings. The second-order valence-electron chi connectivity index (χ2n) is 8.44. The van der Waals surface area contributed by atoms with Crippen LogP contribution in [-0.4, -0.2) is 39.6 Å². The van der Waals surface area contributed by atoms with E-state index in [-0.39, 0.29) is 5.91 Å². The van der Waals surface area contributed by atoms with Gasteiger partial charge in [0.15, 0.2) is 11.5 Å². The predicted octanol–water partition coefficient (Wildman–Crippen LogP) is 5.73. The van der Waals surface area contributed by atoms with E-state index in [0.29, 0.717) is 41.4 Å². The third-order valence-electron chi connectivity index (χ3n) is 6.09. The fraction of sp³-hybridized carbons (Fsp3) is 0.370. The molecule has 0 radical (unpaired) electrons. The highest BCUT2D eigenvalue weighted by Crippen LogP contribution is 2.40. The molecule has 4 rings (SSSR count). The Bertz CT molecular complexity index is 1300. The third kappa shape index (κ3) is 5.06. The molecule has 1 unspecified atom stereocenters. The number of fused-ring (bicyclic) bond motifs is 1. The number of nitrogens with one attached hydrogen (secondary N) is 2. The van der Waals surface area contributed by atoms with Crippen LogP contribution in [0.1, 0.15) is 50.4 Å². The topological polar surface area (TPSA) is 90.3 Å². The number of aryl methyl sites for hydroxylation is 1. The summed E-state index contributed by atoms with van der Waals surface area (Å²) in [5.74, 6) is 2.55. The molecule has 0 saturated heterocycles. The molecule has 1 aliphatic rings. The number of anilines is 2. The van der Waals surface area contributed by atoms with Crippen molar-refractivity contribution < 1.29 is 14.3 Å². The second-order valence-corrected chi connectivity index (χ2v) is 9.67. The van der Waals surface area contributed by atoms with E-state index < -0.39 is 6.04 Å². The molecular weight excluding hydrogens is 474 g/mol. The molecule has 0 aliphatic carbocycles. The van der Waals surface area contributed by atoms with Gasteiger partial charge in [-0.3, -0.25) is 4.79 Å². The van der Waals surface area contributed by atoms with E-state index in [1.807, 2.05) is 71.0 Å². The molecular formula is C27H33N5O3S. The highest BCUT2D eigenvalue weighted by molar-refractivity contribution is 7.99. The predicted molar refractivity (Wildman–Crippen MR) is 144 cm³/mol. The molecule has 36 heavy (non-hydrogen) atoms. The molecule has 8 nitrogen and oxygen atoms in total. The summed E-state index contributed by atoms with van der Waals surface area (Å²) >= 11 is 1.56. The molecule has 0 bridgehead atoms. The number of hydrogen-bond acceptors (Lipinski definition) is 7. The van der Waals surface area contributed by atoms with Crippen molar-refractivity contribution in [2.45, 2.75) is 52.7 Å². The number of aromatic nitrogens is 3. The van der Waals surface area contributed by atoms with Gasteiger partial charge in [-0.25, -0.2) is 4.68 Å². The maximum absolute atomic E-state index is 13.8. The molecule has 2 N–H and O–H groups in total. The summed E-state index contributed by atoms with van der Waals surface area (Å²) in [4.78, 5) is 18.5. The highest BCUT2D eigenvalue weighted by Gasteiger charge is 2.35. The summed E-state index contributed by atoms with van der Waals surface area (Å²) in [6.45, 7) is 12.9. The van der Waals surface area contributed by atoms with Crippen LogP contribution in [0.25, 0.3) is 0 Å². The second kappa shape index (κ2) is 11.1. The number of carbonyl (C=O) groups excluding carboxylic acids is 1. The third-order valence-corrected chi connectivity index (χ3v) is 6.81. The SMILES string of the molecule is CCOc1ccc(C2C(C(=O)Nc3cccc(C)c3C)=C(C)Nc3nc(SCC)nn32)cc1OCC. The zero-order valence-electron chi connectivity index (χ0n) is 21.6. The van der Waals surface area contributed by atoms with Crippen LogP contribution in [0.3, 0.4) is 0 Å². The number of benzene rings is 2. The first-order valence-electron chi connectivity index (χ1n) is 12.2. The average molecular weight is 508 g/mol. The molecule has 1 aliphatic heterocycles. The van der Waals surface area contributed by atoms with Crippen molar-refractivity contribution in [2.75, 3.05) is 29.6 Å². The average Bonchev–Trinajstić information content (AvgIpc) is 3.24. The van der Waals surface area contributed by atoms with Gasteiger partial charge in [0.25, 0.3) is 5.91 Å². The molecule has 9 heteroatoms. The maximum Gasteiger partial charge on any atom is 0.255 e. The Balaban J connectivity index is 1.82. The molecule has 190 valence electrons.